The summed E-state index contributed by atoms with van der Waals surface area (Å²) in [5, 5.41) is 8.66. The second-order valence-corrected chi connectivity index (χ2v) is 3.99. The summed E-state index contributed by atoms with van der Waals surface area (Å²) in [6, 6.07) is 9.49. The van der Waals surface area contributed by atoms with Crippen LogP contribution in [0.15, 0.2) is 41.3 Å². The first kappa shape index (κ1) is 12.1. The summed E-state index contributed by atoms with van der Waals surface area (Å²) in [4.78, 5) is 11.6. The summed E-state index contributed by atoms with van der Waals surface area (Å²) in [5.74, 6) is -0.340. The third kappa shape index (κ3) is 2.30. The van der Waals surface area contributed by atoms with Crippen LogP contribution in [0.5, 0.6) is 0 Å². The van der Waals surface area contributed by atoms with Crippen LogP contribution in [0.3, 0.4) is 0 Å². The Balaban J connectivity index is 2.61. The van der Waals surface area contributed by atoms with E-state index in [1.165, 1.54) is 18.2 Å². The number of hydrogen-bond acceptors (Lipinski definition) is 2. The van der Waals surface area contributed by atoms with Crippen LogP contribution in [0.1, 0.15) is 11.3 Å². The van der Waals surface area contributed by atoms with E-state index < -0.39 is 0 Å². The fourth-order valence-corrected chi connectivity index (χ4v) is 1.80. The van der Waals surface area contributed by atoms with Crippen LogP contribution in [-0.2, 0) is 6.42 Å². The van der Waals surface area contributed by atoms with E-state index in [2.05, 4.69) is 0 Å². The van der Waals surface area contributed by atoms with E-state index in [4.69, 9.17) is 5.26 Å². The SMILES string of the molecule is Cc1cc(=O)c(CC#N)cn1-c1cccc(F)c1. The summed E-state index contributed by atoms with van der Waals surface area (Å²) in [5.41, 5.74) is 1.58. The van der Waals surface area contributed by atoms with E-state index in [-0.39, 0.29) is 17.7 Å². The van der Waals surface area contributed by atoms with Crippen molar-refractivity contribution >= 4 is 0 Å². The zero-order valence-corrected chi connectivity index (χ0v) is 9.85. The number of aryl methyl sites for hydroxylation is 1. The first-order valence-electron chi connectivity index (χ1n) is 5.47. The molecule has 4 heteroatoms. The molecule has 18 heavy (non-hydrogen) atoms. The average Bonchev–Trinajstić information content (AvgIpc) is 2.33. The molecule has 2 rings (SSSR count). The minimum atomic E-state index is -0.340. The topological polar surface area (TPSA) is 45.8 Å². The zero-order valence-electron chi connectivity index (χ0n) is 9.85. The molecule has 0 atom stereocenters. The van der Waals surface area contributed by atoms with Gasteiger partial charge in [-0.3, -0.25) is 4.79 Å². The van der Waals surface area contributed by atoms with Crippen molar-refractivity contribution in [3.63, 3.8) is 0 Å². The number of benzene rings is 1. The smallest absolute Gasteiger partial charge is 0.186 e. The quantitative estimate of drug-likeness (QED) is 0.811. The molecule has 0 unspecified atom stereocenters. The Morgan fingerprint density at radius 2 is 2.17 bits per heavy atom. The molecule has 0 N–H and O–H groups in total. The maximum absolute atomic E-state index is 13.2. The normalized spacial score (nSPS) is 10.1. The van der Waals surface area contributed by atoms with Gasteiger partial charge in [0.2, 0.25) is 0 Å². The van der Waals surface area contributed by atoms with Gasteiger partial charge in [-0.25, -0.2) is 4.39 Å². The third-order valence-electron chi connectivity index (χ3n) is 2.68. The molecule has 1 aromatic heterocycles. The fraction of sp³-hybridized carbons (Fsp3) is 0.143. The number of nitriles is 1. The van der Waals surface area contributed by atoms with Crippen molar-refractivity contribution in [2.24, 2.45) is 0 Å². The number of aromatic nitrogens is 1. The van der Waals surface area contributed by atoms with Gasteiger partial charge in [0.15, 0.2) is 5.43 Å². The first-order valence-corrected chi connectivity index (χ1v) is 5.47. The first-order chi connectivity index (χ1) is 8.61. The predicted octanol–water partition coefficient (Wildman–Crippen LogP) is 2.35. The molecular formula is C14H11FN2O. The van der Waals surface area contributed by atoms with E-state index in [9.17, 15) is 9.18 Å². The Labute approximate surface area is 104 Å². The van der Waals surface area contributed by atoms with Crippen molar-refractivity contribution in [2.75, 3.05) is 0 Å². The van der Waals surface area contributed by atoms with Gasteiger partial charge < -0.3 is 4.57 Å². The molecule has 0 bridgehead atoms. The van der Waals surface area contributed by atoms with E-state index >= 15 is 0 Å². The Morgan fingerprint density at radius 3 is 2.83 bits per heavy atom. The molecule has 0 saturated heterocycles. The number of rotatable bonds is 2. The monoisotopic (exact) mass is 242 g/mol. The average molecular weight is 242 g/mol. The second kappa shape index (κ2) is 4.84. The van der Waals surface area contributed by atoms with Gasteiger partial charge in [0.25, 0.3) is 0 Å². The maximum atomic E-state index is 13.2. The van der Waals surface area contributed by atoms with E-state index in [0.29, 0.717) is 16.9 Å². The van der Waals surface area contributed by atoms with Crippen molar-refractivity contribution in [1.29, 1.82) is 5.26 Å². The van der Waals surface area contributed by atoms with Gasteiger partial charge in [0, 0.05) is 29.2 Å². The molecule has 0 spiro atoms. The molecule has 2 aromatic rings. The molecule has 0 aliphatic carbocycles. The molecule has 1 heterocycles. The van der Waals surface area contributed by atoms with Crippen LogP contribution in [0.25, 0.3) is 5.69 Å². The van der Waals surface area contributed by atoms with Crippen molar-refractivity contribution in [3.05, 3.63) is 63.8 Å². The minimum Gasteiger partial charge on any atom is -0.321 e. The van der Waals surface area contributed by atoms with Gasteiger partial charge in [-0.05, 0) is 25.1 Å². The van der Waals surface area contributed by atoms with E-state index in [0.717, 1.165) is 0 Å². The van der Waals surface area contributed by atoms with Crippen molar-refractivity contribution in [2.45, 2.75) is 13.3 Å². The highest BCUT2D eigenvalue weighted by molar-refractivity contribution is 5.36. The minimum absolute atomic E-state index is 0.0500. The van der Waals surface area contributed by atoms with Crippen molar-refractivity contribution in [3.8, 4) is 11.8 Å². The largest absolute Gasteiger partial charge is 0.321 e. The molecular weight excluding hydrogens is 231 g/mol. The molecule has 1 aromatic carbocycles. The van der Waals surface area contributed by atoms with Crippen LogP contribution in [0.4, 0.5) is 4.39 Å². The molecule has 0 saturated carbocycles. The molecule has 0 radical (unpaired) electrons. The lowest BCUT2D eigenvalue weighted by molar-refractivity contribution is 0.626. The van der Waals surface area contributed by atoms with Gasteiger partial charge >= 0.3 is 0 Å². The Kier molecular flexibility index (Phi) is 3.24. The number of nitrogens with zero attached hydrogens (tertiary/aromatic N) is 2. The lowest BCUT2D eigenvalue weighted by Gasteiger charge is -2.11. The maximum Gasteiger partial charge on any atom is 0.186 e. The van der Waals surface area contributed by atoms with Crippen molar-refractivity contribution in [1.82, 2.24) is 4.57 Å². The van der Waals surface area contributed by atoms with Crippen molar-refractivity contribution < 1.29 is 4.39 Å². The molecule has 0 aliphatic rings. The van der Waals surface area contributed by atoms with Gasteiger partial charge in [0.05, 0.1) is 12.5 Å². The van der Waals surface area contributed by atoms with Crippen LogP contribution in [0.2, 0.25) is 0 Å². The predicted molar refractivity (Wildman–Crippen MR) is 66.1 cm³/mol. The van der Waals surface area contributed by atoms with Gasteiger partial charge in [-0.2, -0.15) is 5.26 Å². The number of halogens is 1. The number of pyridine rings is 1. The van der Waals surface area contributed by atoms with Crippen LogP contribution in [0, 0.1) is 24.1 Å². The Morgan fingerprint density at radius 1 is 1.39 bits per heavy atom. The highest BCUT2D eigenvalue weighted by Crippen LogP contribution is 2.12. The molecule has 0 fully saturated rings. The highest BCUT2D eigenvalue weighted by atomic mass is 19.1. The van der Waals surface area contributed by atoms with Gasteiger partial charge in [0.1, 0.15) is 5.82 Å². The highest BCUT2D eigenvalue weighted by Gasteiger charge is 2.05. The summed E-state index contributed by atoms with van der Waals surface area (Å²) >= 11 is 0. The molecule has 3 nitrogen and oxygen atoms in total. The lowest BCUT2D eigenvalue weighted by atomic mass is 10.2. The number of hydrogen-bond donors (Lipinski definition) is 0. The van der Waals surface area contributed by atoms with Gasteiger partial charge in [-0.1, -0.05) is 6.07 Å². The standard InChI is InChI=1S/C14H11FN2O/c1-10-7-14(18)11(5-6-16)9-17(10)13-4-2-3-12(15)8-13/h2-4,7-9H,5H2,1H3. The third-order valence-corrected chi connectivity index (χ3v) is 2.68. The van der Waals surface area contributed by atoms with Crippen LogP contribution in [-0.4, -0.2) is 4.57 Å². The van der Waals surface area contributed by atoms with Crippen LogP contribution < -0.4 is 5.43 Å². The fourth-order valence-electron chi connectivity index (χ4n) is 1.80. The summed E-state index contributed by atoms with van der Waals surface area (Å²) in [6.07, 6.45) is 1.64. The second-order valence-electron chi connectivity index (χ2n) is 3.99. The Bertz CT molecular complexity index is 683. The van der Waals surface area contributed by atoms with Gasteiger partial charge in [-0.15, -0.1) is 0 Å². The molecule has 90 valence electrons. The Hall–Kier alpha value is -2.41. The lowest BCUT2D eigenvalue weighted by Crippen LogP contribution is -2.13. The van der Waals surface area contributed by atoms with E-state index in [1.54, 1.807) is 29.8 Å². The zero-order chi connectivity index (χ0) is 13.1. The van der Waals surface area contributed by atoms with Crippen LogP contribution >= 0.6 is 0 Å². The van der Waals surface area contributed by atoms with E-state index in [1.807, 2.05) is 6.07 Å². The molecule has 0 amide bonds. The summed E-state index contributed by atoms with van der Waals surface area (Å²) in [6.45, 7) is 1.77. The summed E-state index contributed by atoms with van der Waals surface area (Å²) < 4.78 is 14.9. The summed E-state index contributed by atoms with van der Waals surface area (Å²) in [7, 11) is 0. The molecule has 0 aliphatic heterocycles.